The summed E-state index contributed by atoms with van der Waals surface area (Å²) < 4.78 is 0. The zero-order valence-corrected chi connectivity index (χ0v) is 8.39. The summed E-state index contributed by atoms with van der Waals surface area (Å²) in [5.74, 6) is -0.803. The van der Waals surface area contributed by atoms with Crippen molar-refractivity contribution in [1.29, 1.82) is 0 Å². The summed E-state index contributed by atoms with van der Waals surface area (Å²) in [5.41, 5.74) is 0.844. The molecule has 0 fully saturated rings. The van der Waals surface area contributed by atoms with Crippen molar-refractivity contribution in [1.82, 2.24) is 4.98 Å². The predicted molar refractivity (Wildman–Crippen MR) is 52.3 cm³/mol. The number of rotatable bonds is 4. The van der Waals surface area contributed by atoms with Crippen molar-refractivity contribution in [2.24, 2.45) is 0 Å². The molecule has 0 spiro atoms. The van der Waals surface area contributed by atoms with Crippen LogP contribution in [-0.4, -0.2) is 23.1 Å². The van der Waals surface area contributed by atoms with Gasteiger partial charge in [0.15, 0.2) is 5.13 Å². The first-order chi connectivity index (χ1) is 6.13. The Labute approximate surface area is 80.6 Å². The first-order valence-electron chi connectivity index (χ1n) is 3.98. The molecule has 1 unspecified atom stereocenters. The number of carbonyl (C=O) groups is 1. The van der Waals surface area contributed by atoms with Crippen molar-refractivity contribution >= 4 is 22.4 Å². The van der Waals surface area contributed by atoms with E-state index in [0.29, 0.717) is 0 Å². The maximum Gasteiger partial charge on any atom is 0.304 e. The molecule has 1 aromatic heterocycles. The van der Waals surface area contributed by atoms with Crippen molar-refractivity contribution < 1.29 is 9.90 Å². The smallest absolute Gasteiger partial charge is 0.304 e. The van der Waals surface area contributed by atoms with Gasteiger partial charge in [0.2, 0.25) is 0 Å². The molecule has 13 heavy (non-hydrogen) atoms. The summed E-state index contributed by atoms with van der Waals surface area (Å²) in [6.07, 6.45) is 0.132. The lowest BCUT2D eigenvalue weighted by atomic mass is 10.1. The fraction of sp³-hybridized carbons (Fsp3) is 0.500. The number of carboxylic acids is 1. The largest absolute Gasteiger partial charge is 0.481 e. The van der Waals surface area contributed by atoms with E-state index in [1.807, 2.05) is 12.3 Å². The van der Waals surface area contributed by atoms with E-state index in [1.54, 1.807) is 7.05 Å². The average molecular weight is 200 g/mol. The normalized spacial score (nSPS) is 12.5. The molecule has 1 atom stereocenters. The van der Waals surface area contributed by atoms with Gasteiger partial charge in [0.25, 0.3) is 0 Å². The number of anilines is 1. The van der Waals surface area contributed by atoms with Gasteiger partial charge in [0.1, 0.15) is 0 Å². The Kier molecular flexibility index (Phi) is 3.25. The molecule has 0 saturated heterocycles. The van der Waals surface area contributed by atoms with Crippen molar-refractivity contribution in [3.63, 3.8) is 0 Å². The van der Waals surface area contributed by atoms with Gasteiger partial charge in [-0.25, -0.2) is 4.98 Å². The van der Waals surface area contributed by atoms with E-state index in [2.05, 4.69) is 10.3 Å². The van der Waals surface area contributed by atoms with Crippen LogP contribution in [0.5, 0.6) is 0 Å². The molecule has 0 aliphatic rings. The standard InChI is InChI=1S/C8H12N2O2S/c1-5(3-7(11)12)6-4-13-8(9-2)10-6/h4-5H,3H2,1-2H3,(H,9,10)(H,11,12). The highest BCUT2D eigenvalue weighted by atomic mass is 32.1. The molecule has 72 valence electrons. The Hall–Kier alpha value is -1.10. The van der Waals surface area contributed by atoms with Crippen LogP contribution in [0.2, 0.25) is 0 Å². The molecule has 0 aliphatic carbocycles. The third-order valence-electron chi connectivity index (χ3n) is 1.72. The van der Waals surface area contributed by atoms with E-state index in [0.717, 1.165) is 10.8 Å². The summed E-state index contributed by atoms with van der Waals surface area (Å²) >= 11 is 1.49. The van der Waals surface area contributed by atoms with Gasteiger partial charge < -0.3 is 10.4 Å². The Morgan fingerprint density at radius 1 is 1.85 bits per heavy atom. The quantitative estimate of drug-likeness (QED) is 0.777. The van der Waals surface area contributed by atoms with Crippen LogP contribution < -0.4 is 5.32 Å². The minimum Gasteiger partial charge on any atom is -0.481 e. The van der Waals surface area contributed by atoms with E-state index >= 15 is 0 Å². The summed E-state index contributed by atoms with van der Waals surface area (Å²) in [6, 6.07) is 0. The highest BCUT2D eigenvalue weighted by molar-refractivity contribution is 7.13. The van der Waals surface area contributed by atoms with E-state index < -0.39 is 5.97 Å². The minimum absolute atomic E-state index is 0.0177. The van der Waals surface area contributed by atoms with Crippen LogP contribution in [0.25, 0.3) is 0 Å². The monoisotopic (exact) mass is 200 g/mol. The molecule has 1 aromatic rings. The Balaban J connectivity index is 2.65. The third kappa shape index (κ3) is 2.69. The summed E-state index contributed by atoms with van der Waals surface area (Å²) in [4.78, 5) is 14.6. The molecular weight excluding hydrogens is 188 g/mol. The number of thiazole rings is 1. The van der Waals surface area contributed by atoms with Crippen LogP contribution in [-0.2, 0) is 4.79 Å². The van der Waals surface area contributed by atoms with Gasteiger partial charge in [-0.1, -0.05) is 6.92 Å². The predicted octanol–water partition coefficient (Wildman–Crippen LogP) is 1.76. The number of aliphatic carboxylic acids is 1. The highest BCUT2D eigenvalue weighted by Crippen LogP contribution is 2.23. The number of nitrogens with one attached hydrogen (secondary N) is 1. The molecule has 1 rings (SSSR count). The van der Waals surface area contributed by atoms with Crippen LogP contribution in [0, 0.1) is 0 Å². The van der Waals surface area contributed by atoms with Gasteiger partial charge >= 0.3 is 5.97 Å². The maximum absolute atomic E-state index is 10.4. The minimum atomic E-state index is -0.786. The molecule has 0 aromatic carbocycles. The van der Waals surface area contributed by atoms with Gasteiger partial charge in [-0.3, -0.25) is 4.79 Å². The first-order valence-corrected chi connectivity index (χ1v) is 4.86. The van der Waals surface area contributed by atoms with Gasteiger partial charge in [0.05, 0.1) is 12.1 Å². The molecule has 0 radical (unpaired) electrons. The number of hydrogen-bond acceptors (Lipinski definition) is 4. The van der Waals surface area contributed by atoms with E-state index in [4.69, 9.17) is 5.11 Å². The summed E-state index contributed by atoms with van der Waals surface area (Å²) in [6.45, 7) is 1.86. The number of nitrogens with zero attached hydrogens (tertiary/aromatic N) is 1. The number of carboxylic acid groups (broad SMARTS) is 1. The van der Waals surface area contributed by atoms with Crippen molar-refractivity contribution in [2.75, 3.05) is 12.4 Å². The SMILES string of the molecule is CNc1nc(C(C)CC(=O)O)cs1. The Bertz CT molecular complexity index is 298. The topological polar surface area (TPSA) is 62.2 Å². The molecule has 0 amide bonds. The lowest BCUT2D eigenvalue weighted by Gasteiger charge is -2.03. The second-order valence-electron chi connectivity index (χ2n) is 2.83. The lowest BCUT2D eigenvalue weighted by Crippen LogP contribution is -2.03. The Morgan fingerprint density at radius 3 is 3.00 bits per heavy atom. The van der Waals surface area contributed by atoms with E-state index in [-0.39, 0.29) is 12.3 Å². The van der Waals surface area contributed by atoms with Gasteiger partial charge in [0, 0.05) is 18.3 Å². The summed E-state index contributed by atoms with van der Waals surface area (Å²) in [7, 11) is 1.80. The van der Waals surface area contributed by atoms with E-state index in [1.165, 1.54) is 11.3 Å². The molecule has 2 N–H and O–H groups in total. The van der Waals surface area contributed by atoms with Gasteiger partial charge in [-0.2, -0.15) is 0 Å². The van der Waals surface area contributed by atoms with Crippen LogP contribution in [0.4, 0.5) is 5.13 Å². The molecule has 5 heteroatoms. The maximum atomic E-state index is 10.4. The van der Waals surface area contributed by atoms with Crippen LogP contribution >= 0.6 is 11.3 Å². The van der Waals surface area contributed by atoms with Gasteiger partial charge in [-0.05, 0) is 0 Å². The van der Waals surface area contributed by atoms with Crippen LogP contribution in [0.1, 0.15) is 25.0 Å². The lowest BCUT2D eigenvalue weighted by molar-refractivity contribution is -0.137. The second kappa shape index (κ2) is 4.23. The van der Waals surface area contributed by atoms with Crippen LogP contribution in [0.3, 0.4) is 0 Å². The van der Waals surface area contributed by atoms with E-state index in [9.17, 15) is 4.79 Å². The molecular formula is C8H12N2O2S. The molecule has 0 aliphatic heterocycles. The first kappa shape index (κ1) is 9.98. The summed E-state index contributed by atoms with van der Waals surface area (Å²) in [5, 5.41) is 14.2. The number of hydrogen-bond donors (Lipinski definition) is 2. The Morgan fingerprint density at radius 2 is 2.54 bits per heavy atom. The van der Waals surface area contributed by atoms with Crippen LogP contribution in [0.15, 0.2) is 5.38 Å². The molecule has 0 saturated carbocycles. The van der Waals surface area contributed by atoms with Crippen molar-refractivity contribution in [3.8, 4) is 0 Å². The zero-order chi connectivity index (χ0) is 9.84. The molecule has 1 heterocycles. The molecule has 0 bridgehead atoms. The fourth-order valence-corrected chi connectivity index (χ4v) is 1.79. The van der Waals surface area contributed by atoms with Crippen molar-refractivity contribution in [2.45, 2.75) is 19.3 Å². The number of aromatic nitrogens is 1. The highest BCUT2D eigenvalue weighted by Gasteiger charge is 2.12. The zero-order valence-electron chi connectivity index (χ0n) is 7.57. The average Bonchev–Trinajstić information content (AvgIpc) is 2.50. The molecule has 4 nitrogen and oxygen atoms in total. The van der Waals surface area contributed by atoms with Crippen molar-refractivity contribution in [3.05, 3.63) is 11.1 Å². The third-order valence-corrected chi connectivity index (χ3v) is 2.60. The van der Waals surface area contributed by atoms with Gasteiger partial charge in [-0.15, -0.1) is 11.3 Å². The fourth-order valence-electron chi connectivity index (χ4n) is 0.994. The second-order valence-corrected chi connectivity index (χ2v) is 3.68.